The molecule has 4 nitrogen and oxygen atoms in total. The van der Waals surface area contributed by atoms with Crippen molar-refractivity contribution in [2.45, 2.75) is 39.7 Å². The molecule has 1 saturated heterocycles. The molecule has 2 aromatic heterocycles. The lowest BCUT2D eigenvalue weighted by Crippen LogP contribution is -2.23. The summed E-state index contributed by atoms with van der Waals surface area (Å²) in [6, 6.07) is 6.55. The Balaban J connectivity index is 1.54. The third kappa shape index (κ3) is 2.51. The fourth-order valence-corrected chi connectivity index (χ4v) is 3.59. The van der Waals surface area contributed by atoms with Gasteiger partial charge in [-0.1, -0.05) is 19.9 Å². The third-order valence-electron chi connectivity index (χ3n) is 5.08. The van der Waals surface area contributed by atoms with E-state index in [1.165, 1.54) is 36.6 Å². The van der Waals surface area contributed by atoms with Gasteiger partial charge in [-0.05, 0) is 48.8 Å². The molecular weight excluding hydrogens is 272 g/mol. The molecule has 2 fully saturated rings. The molecular formula is C18H24N4. The Morgan fingerprint density at radius 1 is 1.09 bits per heavy atom. The van der Waals surface area contributed by atoms with Crippen molar-refractivity contribution in [3.8, 4) is 0 Å². The molecule has 0 N–H and O–H groups in total. The van der Waals surface area contributed by atoms with Gasteiger partial charge < -0.3 is 4.90 Å². The lowest BCUT2D eigenvalue weighted by molar-refractivity contribution is 0.664. The molecule has 2 aromatic rings. The summed E-state index contributed by atoms with van der Waals surface area (Å²) in [6.45, 7) is 7.57. The highest BCUT2D eigenvalue weighted by molar-refractivity contribution is 5.44. The molecule has 2 unspecified atom stereocenters. The van der Waals surface area contributed by atoms with Crippen molar-refractivity contribution in [1.29, 1.82) is 0 Å². The van der Waals surface area contributed by atoms with Crippen LogP contribution in [0.2, 0.25) is 0 Å². The normalized spacial score (nSPS) is 22.9. The van der Waals surface area contributed by atoms with Crippen LogP contribution in [-0.4, -0.2) is 27.9 Å². The minimum Gasteiger partial charge on any atom is -0.356 e. The Morgan fingerprint density at radius 3 is 2.59 bits per heavy atom. The van der Waals surface area contributed by atoms with Crippen molar-refractivity contribution in [3.05, 3.63) is 41.3 Å². The molecule has 2 atom stereocenters. The van der Waals surface area contributed by atoms with Gasteiger partial charge in [-0.2, -0.15) is 5.10 Å². The van der Waals surface area contributed by atoms with Crippen LogP contribution in [0.5, 0.6) is 0 Å². The molecule has 116 valence electrons. The Morgan fingerprint density at radius 2 is 1.91 bits per heavy atom. The van der Waals surface area contributed by atoms with Crippen molar-refractivity contribution in [2.24, 2.45) is 11.8 Å². The Labute approximate surface area is 132 Å². The number of aromatic nitrogens is 3. The summed E-state index contributed by atoms with van der Waals surface area (Å²) in [5.41, 5.74) is 3.66. The summed E-state index contributed by atoms with van der Waals surface area (Å²) in [6.07, 6.45) is 5.47. The minimum absolute atomic E-state index is 0.821. The first kappa shape index (κ1) is 13.8. The lowest BCUT2D eigenvalue weighted by Gasteiger charge is -2.20. The smallest absolute Gasteiger partial charge is 0.128 e. The zero-order valence-corrected chi connectivity index (χ0v) is 13.5. The monoisotopic (exact) mass is 296 g/mol. The molecule has 22 heavy (non-hydrogen) atoms. The van der Waals surface area contributed by atoms with E-state index in [1.807, 2.05) is 4.68 Å². The average molecular weight is 296 g/mol. The first-order valence-corrected chi connectivity index (χ1v) is 8.53. The quantitative estimate of drug-likeness (QED) is 0.851. The van der Waals surface area contributed by atoms with Crippen LogP contribution in [0.1, 0.15) is 37.2 Å². The maximum absolute atomic E-state index is 4.94. The molecule has 4 rings (SSSR count). The largest absolute Gasteiger partial charge is 0.356 e. The number of hydrogen-bond acceptors (Lipinski definition) is 3. The van der Waals surface area contributed by atoms with Gasteiger partial charge in [0.2, 0.25) is 0 Å². The van der Waals surface area contributed by atoms with Crippen molar-refractivity contribution < 1.29 is 0 Å². The molecule has 0 spiro atoms. The number of nitrogens with zero attached hydrogens (tertiary/aromatic N) is 4. The number of hydrogen-bond donors (Lipinski definition) is 0. The van der Waals surface area contributed by atoms with Crippen molar-refractivity contribution in [1.82, 2.24) is 14.8 Å². The van der Waals surface area contributed by atoms with Crippen LogP contribution < -0.4 is 4.90 Å². The number of anilines is 1. The van der Waals surface area contributed by atoms with Gasteiger partial charge in [0.05, 0.1) is 12.2 Å². The highest BCUT2D eigenvalue weighted by Gasteiger charge is 2.45. The lowest BCUT2D eigenvalue weighted by atomic mass is 10.1. The minimum atomic E-state index is 0.821. The van der Waals surface area contributed by atoms with Crippen LogP contribution in [0, 0.1) is 11.8 Å². The molecule has 1 aliphatic heterocycles. The molecule has 1 saturated carbocycles. The van der Waals surface area contributed by atoms with Gasteiger partial charge in [0, 0.05) is 25.0 Å². The second-order valence-electron chi connectivity index (χ2n) is 6.65. The second kappa shape index (κ2) is 5.41. The highest BCUT2D eigenvalue weighted by Crippen LogP contribution is 2.45. The van der Waals surface area contributed by atoms with Gasteiger partial charge in [-0.25, -0.2) is 4.98 Å². The van der Waals surface area contributed by atoms with Gasteiger partial charge >= 0.3 is 0 Å². The summed E-state index contributed by atoms with van der Waals surface area (Å²) < 4.78 is 2.03. The summed E-state index contributed by atoms with van der Waals surface area (Å²) in [4.78, 5) is 7.40. The molecule has 1 aliphatic carbocycles. The Kier molecular flexibility index (Phi) is 3.40. The molecule has 4 heteroatoms. The van der Waals surface area contributed by atoms with E-state index < -0.39 is 0 Å². The van der Waals surface area contributed by atoms with Gasteiger partial charge in [-0.15, -0.1) is 0 Å². The number of rotatable bonds is 5. The van der Waals surface area contributed by atoms with Gasteiger partial charge in [-0.3, -0.25) is 4.68 Å². The van der Waals surface area contributed by atoms with Gasteiger partial charge in [0.25, 0.3) is 0 Å². The van der Waals surface area contributed by atoms with Crippen LogP contribution in [0.4, 0.5) is 5.82 Å². The predicted octanol–water partition coefficient (Wildman–Crippen LogP) is 2.91. The molecule has 2 aliphatic rings. The third-order valence-corrected chi connectivity index (χ3v) is 5.08. The maximum Gasteiger partial charge on any atom is 0.128 e. The van der Waals surface area contributed by atoms with Crippen molar-refractivity contribution in [2.75, 3.05) is 18.0 Å². The number of fused-ring (bicyclic) bond motifs is 1. The first-order chi connectivity index (χ1) is 10.8. The van der Waals surface area contributed by atoms with Crippen molar-refractivity contribution in [3.63, 3.8) is 0 Å². The van der Waals surface area contributed by atoms with E-state index in [4.69, 9.17) is 4.98 Å². The van der Waals surface area contributed by atoms with E-state index in [-0.39, 0.29) is 0 Å². The van der Waals surface area contributed by atoms with E-state index >= 15 is 0 Å². The fourth-order valence-electron chi connectivity index (χ4n) is 3.59. The topological polar surface area (TPSA) is 34.0 Å². The maximum atomic E-state index is 4.94. The Bertz CT molecular complexity index is 665. The molecule has 0 bridgehead atoms. The summed E-state index contributed by atoms with van der Waals surface area (Å²) in [5.74, 6) is 3.06. The van der Waals surface area contributed by atoms with Gasteiger partial charge in [0.1, 0.15) is 5.82 Å². The Hall–Kier alpha value is -1.84. The predicted molar refractivity (Wildman–Crippen MR) is 88.1 cm³/mol. The van der Waals surface area contributed by atoms with Gasteiger partial charge in [0.15, 0.2) is 0 Å². The zero-order valence-electron chi connectivity index (χ0n) is 13.5. The standard InChI is InChI=1S/C18H24N4/c1-3-16-7-8-22(20-16)12-13-5-6-18(19-17(13)4-2)21-10-14-9-15(14)11-21/h5-8,14-15H,3-4,9-12H2,1-2H3. The second-order valence-corrected chi connectivity index (χ2v) is 6.65. The number of pyridine rings is 1. The van der Waals surface area contributed by atoms with E-state index in [0.29, 0.717) is 0 Å². The molecule has 0 amide bonds. The summed E-state index contributed by atoms with van der Waals surface area (Å²) in [7, 11) is 0. The van der Waals surface area contributed by atoms with Crippen LogP contribution in [0.15, 0.2) is 24.4 Å². The summed E-state index contributed by atoms with van der Waals surface area (Å²) in [5, 5.41) is 4.59. The molecule has 3 heterocycles. The van der Waals surface area contributed by atoms with Crippen LogP contribution in [0.3, 0.4) is 0 Å². The number of piperidine rings is 1. The van der Waals surface area contributed by atoms with Crippen LogP contribution in [-0.2, 0) is 19.4 Å². The zero-order chi connectivity index (χ0) is 15.1. The number of aryl methyl sites for hydroxylation is 2. The van der Waals surface area contributed by atoms with E-state index in [2.05, 4.69) is 48.2 Å². The van der Waals surface area contributed by atoms with E-state index in [1.54, 1.807) is 0 Å². The SMILES string of the molecule is CCc1ccn(Cc2ccc(N3CC4CC4C3)nc2CC)n1. The highest BCUT2D eigenvalue weighted by atomic mass is 15.3. The first-order valence-electron chi connectivity index (χ1n) is 8.53. The summed E-state index contributed by atoms with van der Waals surface area (Å²) >= 11 is 0. The van der Waals surface area contributed by atoms with Crippen molar-refractivity contribution >= 4 is 5.82 Å². The fraction of sp³-hybridized carbons (Fsp3) is 0.556. The molecule has 0 aromatic carbocycles. The molecule has 0 radical (unpaired) electrons. The average Bonchev–Trinajstić information content (AvgIpc) is 2.97. The van der Waals surface area contributed by atoms with E-state index in [0.717, 1.165) is 36.9 Å². The van der Waals surface area contributed by atoms with E-state index in [9.17, 15) is 0 Å². The van der Waals surface area contributed by atoms with Crippen LogP contribution in [0.25, 0.3) is 0 Å². The van der Waals surface area contributed by atoms with Crippen LogP contribution >= 0.6 is 0 Å².